The smallest absolute Gasteiger partial charge is 0.317 e. The Morgan fingerprint density at radius 2 is 1.92 bits per heavy atom. The van der Waals surface area contributed by atoms with E-state index in [1.54, 1.807) is 0 Å². The van der Waals surface area contributed by atoms with E-state index < -0.39 is 5.97 Å². The maximum Gasteiger partial charge on any atom is 0.317 e. The van der Waals surface area contributed by atoms with Gasteiger partial charge in [0.2, 0.25) is 0 Å². The molecule has 0 saturated carbocycles. The van der Waals surface area contributed by atoms with Gasteiger partial charge in [0.1, 0.15) is 0 Å². The molecule has 2 heterocycles. The number of hydrogen-bond donors (Lipinski definition) is 1. The summed E-state index contributed by atoms with van der Waals surface area (Å²) in [4.78, 5) is 15.2. The van der Waals surface area contributed by atoms with Gasteiger partial charge in [0.05, 0.1) is 17.9 Å². The zero-order valence-electron chi connectivity index (χ0n) is 14.4. The van der Waals surface area contributed by atoms with Crippen LogP contribution in [0.5, 0.6) is 0 Å². The summed E-state index contributed by atoms with van der Waals surface area (Å²) >= 11 is 0. The van der Waals surface area contributed by atoms with E-state index in [0.717, 1.165) is 43.9 Å². The Bertz CT molecular complexity index is 669. The fourth-order valence-electron chi connectivity index (χ4n) is 3.26. The quantitative estimate of drug-likeness (QED) is 0.852. The van der Waals surface area contributed by atoms with Crippen molar-refractivity contribution < 1.29 is 9.90 Å². The van der Waals surface area contributed by atoms with Crippen molar-refractivity contribution in [1.29, 1.82) is 0 Å². The van der Waals surface area contributed by atoms with E-state index in [0.29, 0.717) is 6.04 Å². The molecule has 1 saturated heterocycles. The minimum atomic E-state index is -0.758. The number of carboxylic acid groups (broad SMARTS) is 1. The second kappa shape index (κ2) is 8.99. The second-order valence-corrected chi connectivity index (χ2v) is 6.40. The van der Waals surface area contributed by atoms with Crippen LogP contribution in [0.2, 0.25) is 0 Å². The van der Waals surface area contributed by atoms with Crippen molar-refractivity contribution in [3.8, 4) is 5.69 Å². The maximum atomic E-state index is 10.8. The SMILES string of the molecule is CN(CC(=O)O)C1CCN(Cc2ccn(-c3ccccc3)n2)CC1.Cl. The van der Waals surface area contributed by atoms with Crippen LogP contribution in [0, 0.1) is 0 Å². The van der Waals surface area contributed by atoms with Crippen molar-refractivity contribution in [1.82, 2.24) is 19.6 Å². The summed E-state index contributed by atoms with van der Waals surface area (Å²) in [6.07, 6.45) is 4.00. The van der Waals surface area contributed by atoms with E-state index >= 15 is 0 Å². The summed E-state index contributed by atoms with van der Waals surface area (Å²) in [5, 5.41) is 13.5. The highest BCUT2D eigenvalue weighted by Gasteiger charge is 2.23. The molecule has 0 radical (unpaired) electrons. The highest BCUT2D eigenvalue weighted by atomic mass is 35.5. The van der Waals surface area contributed by atoms with Gasteiger partial charge in [-0.25, -0.2) is 4.68 Å². The van der Waals surface area contributed by atoms with Gasteiger partial charge in [0, 0.05) is 31.9 Å². The van der Waals surface area contributed by atoms with Crippen molar-refractivity contribution in [3.63, 3.8) is 0 Å². The van der Waals surface area contributed by atoms with Crippen molar-refractivity contribution >= 4 is 18.4 Å². The third kappa shape index (κ3) is 5.29. The molecule has 1 aromatic carbocycles. The first-order valence-electron chi connectivity index (χ1n) is 8.36. The molecular formula is C18H25ClN4O2. The Hall–Kier alpha value is -1.89. The molecule has 0 atom stereocenters. The van der Waals surface area contributed by atoms with Crippen LogP contribution in [0.4, 0.5) is 0 Å². The van der Waals surface area contributed by atoms with Gasteiger partial charge >= 0.3 is 5.97 Å². The van der Waals surface area contributed by atoms with Crippen molar-refractivity contribution in [2.75, 3.05) is 26.7 Å². The zero-order chi connectivity index (χ0) is 16.9. The average Bonchev–Trinajstić information content (AvgIpc) is 3.04. The number of aliphatic carboxylic acids is 1. The van der Waals surface area contributed by atoms with Crippen LogP contribution in [0.1, 0.15) is 18.5 Å². The van der Waals surface area contributed by atoms with Gasteiger partial charge in [0.15, 0.2) is 0 Å². The number of carboxylic acids is 1. The van der Waals surface area contributed by atoms with Gasteiger partial charge in [0.25, 0.3) is 0 Å². The van der Waals surface area contributed by atoms with Gasteiger partial charge in [-0.15, -0.1) is 12.4 Å². The van der Waals surface area contributed by atoms with Crippen LogP contribution in [0.3, 0.4) is 0 Å². The predicted octanol–water partition coefficient (Wildman–Crippen LogP) is 2.27. The first-order valence-corrected chi connectivity index (χ1v) is 8.36. The molecule has 2 aromatic rings. The molecule has 0 aliphatic carbocycles. The Morgan fingerprint density at radius 3 is 2.56 bits per heavy atom. The first-order chi connectivity index (χ1) is 11.6. The lowest BCUT2D eigenvalue weighted by Gasteiger charge is -2.35. The van der Waals surface area contributed by atoms with E-state index in [2.05, 4.69) is 16.1 Å². The van der Waals surface area contributed by atoms with Crippen LogP contribution >= 0.6 is 12.4 Å². The first kappa shape index (κ1) is 19.4. The molecule has 1 aliphatic rings. The summed E-state index contributed by atoms with van der Waals surface area (Å²) < 4.78 is 1.91. The number of hydrogen-bond acceptors (Lipinski definition) is 4. The van der Waals surface area contributed by atoms with E-state index in [9.17, 15) is 4.79 Å². The number of piperidine rings is 1. The molecule has 3 rings (SSSR count). The van der Waals surface area contributed by atoms with E-state index in [4.69, 9.17) is 5.11 Å². The highest BCUT2D eigenvalue weighted by molar-refractivity contribution is 5.85. The third-order valence-electron chi connectivity index (χ3n) is 4.62. The standard InChI is InChI=1S/C18H24N4O2.ClH/c1-20(14-18(23)24)16-8-10-21(11-9-16)13-15-7-12-22(19-15)17-5-3-2-4-6-17;/h2-7,12,16H,8-11,13-14H2,1H3,(H,23,24);1H. The topological polar surface area (TPSA) is 61.6 Å². The summed E-state index contributed by atoms with van der Waals surface area (Å²) in [6.45, 7) is 2.92. The van der Waals surface area contributed by atoms with Crippen molar-refractivity contribution in [3.05, 3.63) is 48.3 Å². The van der Waals surface area contributed by atoms with Crippen LogP contribution in [0.25, 0.3) is 5.69 Å². The largest absolute Gasteiger partial charge is 0.480 e. The minimum Gasteiger partial charge on any atom is -0.480 e. The fraction of sp³-hybridized carbons (Fsp3) is 0.444. The normalized spacial score (nSPS) is 15.9. The minimum absolute atomic E-state index is 0. The number of aromatic nitrogens is 2. The number of halogens is 1. The second-order valence-electron chi connectivity index (χ2n) is 6.40. The monoisotopic (exact) mass is 364 g/mol. The summed E-state index contributed by atoms with van der Waals surface area (Å²) in [7, 11) is 1.90. The van der Waals surface area contributed by atoms with E-state index in [-0.39, 0.29) is 19.0 Å². The van der Waals surface area contributed by atoms with Gasteiger partial charge in [-0.1, -0.05) is 18.2 Å². The lowest BCUT2D eigenvalue weighted by atomic mass is 10.0. The van der Waals surface area contributed by atoms with Crippen LogP contribution in [-0.4, -0.2) is 63.4 Å². The lowest BCUT2D eigenvalue weighted by molar-refractivity contribution is -0.138. The Labute approximate surface area is 154 Å². The van der Waals surface area contributed by atoms with Crippen molar-refractivity contribution in [2.24, 2.45) is 0 Å². The molecule has 0 unspecified atom stereocenters. The number of rotatable bonds is 6. The third-order valence-corrected chi connectivity index (χ3v) is 4.62. The van der Waals surface area contributed by atoms with E-state index in [1.807, 2.05) is 53.2 Å². The van der Waals surface area contributed by atoms with E-state index in [1.165, 1.54) is 0 Å². The molecule has 25 heavy (non-hydrogen) atoms. The highest BCUT2D eigenvalue weighted by Crippen LogP contribution is 2.17. The van der Waals surface area contributed by atoms with Gasteiger partial charge in [-0.05, 0) is 38.1 Å². The Morgan fingerprint density at radius 1 is 1.24 bits per heavy atom. The summed E-state index contributed by atoms with van der Waals surface area (Å²) in [5.41, 5.74) is 2.13. The van der Waals surface area contributed by atoms with Crippen LogP contribution < -0.4 is 0 Å². The fourth-order valence-corrected chi connectivity index (χ4v) is 3.26. The molecule has 0 bridgehead atoms. The molecular weight excluding hydrogens is 340 g/mol. The number of likely N-dealkylation sites (tertiary alicyclic amines) is 1. The predicted molar refractivity (Wildman–Crippen MR) is 99.4 cm³/mol. The number of carbonyl (C=O) groups is 1. The summed E-state index contributed by atoms with van der Waals surface area (Å²) in [6, 6.07) is 12.5. The summed E-state index contributed by atoms with van der Waals surface area (Å²) in [5.74, 6) is -0.758. The molecule has 0 spiro atoms. The number of para-hydroxylation sites is 1. The molecule has 7 heteroatoms. The molecule has 1 aliphatic heterocycles. The van der Waals surface area contributed by atoms with Crippen LogP contribution in [0.15, 0.2) is 42.6 Å². The molecule has 6 nitrogen and oxygen atoms in total. The van der Waals surface area contributed by atoms with Gasteiger partial charge in [-0.2, -0.15) is 5.10 Å². The number of benzene rings is 1. The average molecular weight is 365 g/mol. The lowest BCUT2D eigenvalue weighted by Crippen LogP contribution is -2.44. The van der Waals surface area contributed by atoms with Gasteiger partial charge < -0.3 is 5.11 Å². The molecule has 136 valence electrons. The Balaban J connectivity index is 0.00000225. The molecule has 1 N–H and O–H groups in total. The molecule has 1 fully saturated rings. The zero-order valence-corrected chi connectivity index (χ0v) is 15.2. The molecule has 1 aromatic heterocycles. The molecule has 0 amide bonds. The van der Waals surface area contributed by atoms with Gasteiger partial charge in [-0.3, -0.25) is 14.6 Å². The van der Waals surface area contributed by atoms with Crippen LogP contribution in [-0.2, 0) is 11.3 Å². The maximum absolute atomic E-state index is 10.8. The Kier molecular flexibility index (Phi) is 6.99. The van der Waals surface area contributed by atoms with Crippen molar-refractivity contribution in [2.45, 2.75) is 25.4 Å². The number of likely N-dealkylation sites (N-methyl/N-ethyl adjacent to an activating group) is 1. The number of nitrogens with zero attached hydrogens (tertiary/aromatic N) is 4.